The Morgan fingerprint density at radius 2 is 1.11 bits per heavy atom. The molecule has 0 heterocycles. The summed E-state index contributed by atoms with van der Waals surface area (Å²) in [6.07, 6.45) is 9.27. The topological polar surface area (TPSA) is 9.23 Å². The summed E-state index contributed by atoms with van der Waals surface area (Å²) in [5.41, 5.74) is 0. The van der Waals surface area contributed by atoms with Crippen molar-refractivity contribution in [1.29, 1.82) is 0 Å². The van der Waals surface area contributed by atoms with Crippen LogP contribution in [0.4, 0.5) is 0 Å². The van der Waals surface area contributed by atoms with Crippen molar-refractivity contribution < 1.29 is 4.74 Å². The van der Waals surface area contributed by atoms with E-state index < -0.39 is 0 Å². The highest BCUT2D eigenvalue weighted by molar-refractivity contribution is 5.06. The minimum absolute atomic E-state index is 0.819. The minimum Gasteiger partial charge on any atom is -0.497 e. The van der Waals surface area contributed by atoms with Crippen LogP contribution in [0.2, 0.25) is 0 Å². The number of rotatable bonds is 2. The maximum Gasteiger partial charge on any atom is 0.114 e. The molecule has 1 nitrogen and oxygen atoms in total. The van der Waals surface area contributed by atoms with Crippen LogP contribution in [0.3, 0.4) is 0 Å². The van der Waals surface area contributed by atoms with Crippen LogP contribution >= 0.6 is 0 Å². The summed E-state index contributed by atoms with van der Waals surface area (Å²) in [5, 5.41) is 0. The van der Waals surface area contributed by atoms with E-state index in [4.69, 9.17) is 4.74 Å². The van der Waals surface area contributed by atoms with Gasteiger partial charge in [0.2, 0.25) is 0 Å². The van der Waals surface area contributed by atoms with E-state index in [-0.39, 0.29) is 0 Å². The SMILES string of the molecule is C/C=C\C.C=C/C(=C\C)OC.C=CC.CC.CC. The highest BCUT2D eigenvalue weighted by atomic mass is 16.5. The zero-order valence-corrected chi connectivity index (χ0v) is 14.2. The number of allylic oxidation sites excluding steroid dienone is 5. The highest BCUT2D eigenvalue weighted by Crippen LogP contribution is 1.92. The third-order valence-electron chi connectivity index (χ3n) is 1.05. The molecule has 0 aliphatic heterocycles. The average molecular weight is 256 g/mol. The normalized spacial score (nSPS) is 7.72. The van der Waals surface area contributed by atoms with E-state index in [1.54, 1.807) is 19.3 Å². The Morgan fingerprint density at radius 3 is 1.11 bits per heavy atom. The average Bonchev–Trinajstić information content (AvgIpc) is 2.46. The van der Waals surface area contributed by atoms with Crippen LogP contribution in [-0.4, -0.2) is 7.11 Å². The molecule has 0 amide bonds. The van der Waals surface area contributed by atoms with Crippen LogP contribution in [0.15, 0.2) is 49.3 Å². The lowest BCUT2D eigenvalue weighted by Crippen LogP contribution is -1.76. The number of methoxy groups -OCH3 is 1. The van der Waals surface area contributed by atoms with Crippen LogP contribution in [0.25, 0.3) is 0 Å². The van der Waals surface area contributed by atoms with Gasteiger partial charge in [-0.05, 0) is 39.8 Å². The van der Waals surface area contributed by atoms with E-state index >= 15 is 0 Å². The quantitative estimate of drug-likeness (QED) is 0.309. The first-order valence-corrected chi connectivity index (χ1v) is 6.65. The lowest BCUT2D eigenvalue weighted by Gasteiger charge is -1.93. The summed E-state index contributed by atoms with van der Waals surface area (Å²) in [5.74, 6) is 0.819. The molecular weight excluding hydrogens is 220 g/mol. The molecule has 0 aromatic heterocycles. The van der Waals surface area contributed by atoms with Crippen molar-refractivity contribution in [3.8, 4) is 0 Å². The van der Waals surface area contributed by atoms with Crippen LogP contribution in [0.1, 0.15) is 55.4 Å². The number of hydrogen-bond donors (Lipinski definition) is 0. The monoisotopic (exact) mass is 256 g/mol. The Kier molecular flexibility index (Phi) is 95.3. The van der Waals surface area contributed by atoms with Crippen LogP contribution < -0.4 is 0 Å². The Bertz CT molecular complexity index is 160. The minimum atomic E-state index is 0.819. The second kappa shape index (κ2) is 57.0. The summed E-state index contributed by atoms with van der Waals surface area (Å²) in [6, 6.07) is 0. The van der Waals surface area contributed by atoms with Gasteiger partial charge in [-0.25, -0.2) is 0 Å². The van der Waals surface area contributed by atoms with Gasteiger partial charge in [-0.15, -0.1) is 6.58 Å². The molecule has 0 aliphatic rings. The van der Waals surface area contributed by atoms with Crippen molar-refractivity contribution in [2.75, 3.05) is 7.11 Å². The predicted molar refractivity (Wildman–Crippen MR) is 90.0 cm³/mol. The molecule has 0 unspecified atom stereocenters. The van der Waals surface area contributed by atoms with E-state index in [0.29, 0.717) is 0 Å². The fourth-order valence-corrected chi connectivity index (χ4v) is 0.319. The summed E-state index contributed by atoms with van der Waals surface area (Å²) < 4.78 is 4.79. The summed E-state index contributed by atoms with van der Waals surface area (Å²) >= 11 is 0. The van der Waals surface area contributed by atoms with Gasteiger partial charge in [0.25, 0.3) is 0 Å². The molecule has 110 valence electrons. The number of hydrogen-bond acceptors (Lipinski definition) is 1. The molecule has 0 aromatic carbocycles. The van der Waals surface area contributed by atoms with Gasteiger partial charge in [-0.2, -0.15) is 0 Å². The first-order valence-electron chi connectivity index (χ1n) is 6.65. The van der Waals surface area contributed by atoms with Gasteiger partial charge in [0.05, 0.1) is 7.11 Å². The van der Waals surface area contributed by atoms with Crippen molar-refractivity contribution in [2.45, 2.75) is 55.4 Å². The standard InChI is InChI=1S/C6H10O.C4H8.C3H6.2C2H6/c1-4-6(5-2)7-3;1-3-4-2;1-3-2;2*1-2/h4-5H,1H2,2-3H3;3-4H,1-2H3;3H,1H2,2H3;2*1-2H3/b6-5+;4-3-;;;. The van der Waals surface area contributed by atoms with Gasteiger partial charge in [0.15, 0.2) is 0 Å². The van der Waals surface area contributed by atoms with E-state index in [0.717, 1.165) is 5.76 Å². The molecule has 0 aromatic rings. The maximum absolute atomic E-state index is 4.79. The third-order valence-corrected chi connectivity index (χ3v) is 1.05. The van der Waals surface area contributed by atoms with Gasteiger partial charge in [0.1, 0.15) is 5.76 Å². The molecule has 0 bridgehead atoms. The summed E-state index contributed by atoms with van der Waals surface area (Å²) in [4.78, 5) is 0. The Balaban J connectivity index is -0.0000000441. The molecule has 18 heavy (non-hydrogen) atoms. The second-order valence-corrected chi connectivity index (χ2v) is 2.17. The highest BCUT2D eigenvalue weighted by Gasteiger charge is 1.77. The van der Waals surface area contributed by atoms with Crippen molar-refractivity contribution in [1.82, 2.24) is 0 Å². The first-order chi connectivity index (χ1) is 8.67. The van der Waals surface area contributed by atoms with Crippen LogP contribution in [0, 0.1) is 0 Å². The third kappa shape index (κ3) is 84.2. The van der Waals surface area contributed by atoms with Gasteiger partial charge >= 0.3 is 0 Å². The van der Waals surface area contributed by atoms with Crippen molar-refractivity contribution >= 4 is 0 Å². The zero-order chi connectivity index (χ0) is 15.8. The van der Waals surface area contributed by atoms with Crippen molar-refractivity contribution in [2.24, 2.45) is 0 Å². The van der Waals surface area contributed by atoms with Gasteiger partial charge in [-0.3, -0.25) is 0 Å². The fraction of sp³-hybridized carbons (Fsp3) is 0.529. The first kappa shape index (κ1) is 30.1. The van der Waals surface area contributed by atoms with E-state index in [1.165, 1.54) is 0 Å². The molecule has 1 heteroatoms. The van der Waals surface area contributed by atoms with Crippen LogP contribution in [0.5, 0.6) is 0 Å². The molecule has 0 saturated heterocycles. The van der Waals surface area contributed by atoms with Crippen LogP contribution in [-0.2, 0) is 4.74 Å². The molecule has 0 saturated carbocycles. The van der Waals surface area contributed by atoms with E-state index in [2.05, 4.69) is 13.2 Å². The summed E-state index contributed by atoms with van der Waals surface area (Å²) in [6.45, 7) is 22.7. The Morgan fingerprint density at radius 1 is 0.833 bits per heavy atom. The summed E-state index contributed by atoms with van der Waals surface area (Å²) in [7, 11) is 1.62. The second-order valence-electron chi connectivity index (χ2n) is 2.17. The molecule has 0 atom stereocenters. The largest absolute Gasteiger partial charge is 0.497 e. The molecule has 0 spiro atoms. The molecule has 0 N–H and O–H groups in total. The lowest BCUT2D eigenvalue weighted by molar-refractivity contribution is 0.306. The van der Waals surface area contributed by atoms with Gasteiger partial charge in [-0.1, -0.05) is 52.5 Å². The van der Waals surface area contributed by atoms with Crippen molar-refractivity contribution in [3.63, 3.8) is 0 Å². The Hall–Kier alpha value is -1.24. The van der Waals surface area contributed by atoms with E-state index in [9.17, 15) is 0 Å². The lowest BCUT2D eigenvalue weighted by atomic mass is 10.5. The molecular formula is C17H36O. The van der Waals surface area contributed by atoms with Crippen molar-refractivity contribution in [3.05, 3.63) is 49.3 Å². The molecule has 0 radical (unpaired) electrons. The molecule has 0 aliphatic carbocycles. The fourth-order valence-electron chi connectivity index (χ4n) is 0.319. The maximum atomic E-state index is 4.79. The Labute approximate surface area is 117 Å². The van der Waals surface area contributed by atoms with Gasteiger partial charge < -0.3 is 4.74 Å². The predicted octanol–water partition coefficient (Wildman–Crippen LogP) is 6.55. The van der Waals surface area contributed by atoms with Gasteiger partial charge in [0, 0.05) is 0 Å². The smallest absolute Gasteiger partial charge is 0.114 e. The molecule has 0 fully saturated rings. The van der Waals surface area contributed by atoms with E-state index in [1.807, 2.05) is 73.6 Å². The number of ether oxygens (including phenoxy) is 1. The zero-order valence-electron chi connectivity index (χ0n) is 14.2. The molecule has 0 rings (SSSR count).